The summed E-state index contributed by atoms with van der Waals surface area (Å²) in [5, 5.41) is 15.8. The second-order valence-corrected chi connectivity index (χ2v) is 12.9. The van der Waals surface area contributed by atoms with Gasteiger partial charge in [-0.15, -0.1) is 0 Å². The summed E-state index contributed by atoms with van der Waals surface area (Å²) in [4.78, 5) is 43.6. The van der Waals surface area contributed by atoms with Crippen LogP contribution in [0, 0.1) is 13.8 Å². The zero-order chi connectivity index (χ0) is 32.9. The van der Waals surface area contributed by atoms with Crippen molar-refractivity contribution in [3.05, 3.63) is 64.7 Å². The van der Waals surface area contributed by atoms with Crippen molar-refractivity contribution in [2.45, 2.75) is 130 Å². The molecule has 0 spiro atoms. The van der Waals surface area contributed by atoms with Crippen molar-refractivity contribution in [1.29, 1.82) is 0 Å². The number of alkyl carbamates (subject to hydrolysis) is 1. The van der Waals surface area contributed by atoms with Gasteiger partial charge in [-0.3, -0.25) is 9.59 Å². The van der Waals surface area contributed by atoms with Gasteiger partial charge in [0.2, 0.25) is 11.8 Å². The van der Waals surface area contributed by atoms with Gasteiger partial charge in [-0.05, 0) is 88.8 Å². The van der Waals surface area contributed by atoms with Gasteiger partial charge in [-0.25, -0.2) is 4.79 Å². The lowest BCUT2D eigenvalue weighted by atomic mass is 9.92. The molecular formula is C36H55N3O5. The number of unbranched alkanes of at least 4 members (excludes halogenated alkanes) is 4. The average Bonchev–Trinajstić information content (AvgIpc) is 2.93. The molecule has 3 N–H and O–H groups in total. The van der Waals surface area contributed by atoms with Gasteiger partial charge in [0.1, 0.15) is 23.4 Å². The van der Waals surface area contributed by atoms with Crippen LogP contribution in [0.3, 0.4) is 0 Å². The van der Waals surface area contributed by atoms with Gasteiger partial charge < -0.3 is 25.4 Å². The first kappa shape index (κ1) is 36.6. The zero-order valence-corrected chi connectivity index (χ0v) is 28.2. The van der Waals surface area contributed by atoms with Crippen LogP contribution in [0.5, 0.6) is 5.75 Å². The molecule has 3 atom stereocenters. The number of nitrogens with one attached hydrogen (secondary N) is 2. The number of hydrogen-bond acceptors (Lipinski definition) is 5. The van der Waals surface area contributed by atoms with Crippen LogP contribution in [0.2, 0.25) is 0 Å². The van der Waals surface area contributed by atoms with E-state index in [0.717, 1.165) is 67.2 Å². The van der Waals surface area contributed by atoms with E-state index < -0.39 is 23.8 Å². The fourth-order valence-electron chi connectivity index (χ4n) is 5.48. The second-order valence-electron chi connectivity index (χ2n) is 12.9. The van der Waals surface area contributed by atoms with Crippen molar-refractivity contribution in [2.75, 3.05) is 6.54 Å². The second kappa shape index (κ2) is 17.7. The minimum atomic E-state index is -1.00. The van der Waals surface area contributed by atoms with E-state index in [9.17, 15) is 19.5 Å². The molecule has 0 fully saturated rings. The number of phenolic OH excluding ortho intramolecular Hbond substituents is 1. The molecule has 8 nitrogen and oxygen atoms in total. The summed E-state index contributed by atoms with van der Waals surface area (Å²) < 4.78 is 5.55. The number of phenols is 1. The first-order valence-electron chi connectivity index (χ1n) is 16.2. The fourth-order valence-corrected chi connectivity index (χ4v) is 5.48. The Labute approximate surface area is 264 Å². The quantitative estimate of drug-likeness (QED) is 0.173. The minimum absolute atomic E-state index is 0.0616. The van der Waals surface area contributed by atoms with Crippen molar-refractivity contribution < 1.29 is 24.2 Å². The summed E-state index contributed by atoms with van der Waals surface area (Å²) >= 11 is 0. The first-order valence-corrected chi connectivity index (χ1v) is 16.2. The molecular weight excluding hydrogens is 554 g/mol. The molecule has 0 heterocycles. The summed E-state index contributed by atoms with van der Waals surface area (Å²) in [6.45, 7) is 15.8. The van der Waals surface area contributed by atoms with E-state index >= 15 is 0 Å². The van der Waals surface area contributed by atoms with Gasteiger partial charge in [0.05, 0.1) is 0 Å². The van der Waals surface area contributed by atoms with Crippen LogP contribution in [0.1, 0.15) is 115 Å². The lowest BCUT2D eigenvalue weighted by Gasteiger charge is -2.36. The number of ether oxygens (including phenoxy) is 1. The van der Waals surface area contributed by atoms with Gasteiger partial charge in [-0.1, -0.05) is 76.3 Å². The van der Waals surface area contributed by atoms with Crippen molar-refractivity contribution in [2.24, 2.45) is 0 Å². The number of aryl methyl sites for hydroxylation is 2. The number of hydrogen-bond donors (Lipinski definition) is 3. The molecule has 0 aromatic heterocycles. The van der Waals surface area contributed by atoms with E-state index in [1.165, 1.54) is 0 Å². The van der Waals surface area contributed by atoms with Gasteiger partial charge in [0.25, 0.3) is 0 Å². The molecule has 0 bridgehead atoms. The third-order valence-corrected chi connectivity index (χ3v) is 7.64. The number of amides is 3. The van der Waals surface area contributed by atoms with Gasteiger partial charge >= 0.3 is 6.09 Å². The fraction of sp³-hybridized carbons (Fsp3) is 0.583. The third kappa shape index (κ3) is 11.9. The Morgan fingerprint density at radius 2 is 1.50 bits per heavy atom. The van der Waals surface area contributed by atoms with Gasteiger partial charge in [0, 0.05) is 19.0 Å². The molecule has 2 aromatic rings. The highest BCUT2D eigenvalue weighted by Crippen LogP contribution is 2.30. The van der Waals surface area contributed by atoms with E-state index in [-0.39, 0.29) is 30.0 Å². The molecule has 8 heteroatoms. The van der Waals surface area contributed by atoms with Crippen LogP contribution in [0.15, 0.2) is 42.5 Å². The van der Waals surface area contributed by atoms with Crippen LogP contribution in [0.25, 0.3) is 0 Å². The number of benzene rings is 2. The standard InChI is InChI=1S/C36H55N3O5/c1-9-11-12-13-14-23-39(32(33(41)37-27(5)16-10-2)31-25(3)17-15-18-26(31)4)34(42)30(38-35(43)44-36(6,7)8)24-28-19-21-29(40)22-20-28/h15,17-22,27,30,32,40H,9-14,16,23-24H2,1-8H3,(H,37,41)(H,38,43). The summed E-state index contributed by atoms with van der Waals surface area (Å²) in [7, 11) is 0. The Morgan fingerprint density at radius 1 is 0.886 bits per heavy atom. The molecule has 0 saturated heterocycles. The summed E-state index contributed by atoms with van der Waals surface area (Å²) in [6, 6.07) is 10.5. The molecule has 0 aliphatic heterocycles. The molecule has 2 rings (SSSR count). The maximum Gasteiger partial charge on any atom is 0.408 e. The van der Waals surface area contributed by atoms with E-state index in [4.69, 9.17) is 4.74 Å². The summed E-state index contributed by atoms with van der Waals surface area (Å²) in [5.41, 5.74) is 2.64. The van der Waals surface area contributed by atoms with Gasteiger partial charge in [-0.2, -0.15) is 0 Å². The number of carbonyl (C=O) groups excluding carboxylic acids is 3. The minimum Gasteiger partial charge on any atom is -0.508 e. The molecule has 0 radical (unpaired) electrons. The number of nitrogens with zero attached hydrogens (tertiary/aromatic N) is 1. The highest BCUT2D eigenvalue weighted by Gasteiger charge is 2.37. The first-order chi connectivity index (χ1) is 20.8. The molecule has 0 aliphatic rings. The summed E-state index contributed by atoms with van der Waals surface area (Å²) in [6.07, 6.45) is 6.09. The monoisotopic (exact) mass is 609 g/mol. The Morgan fingerprint density at radius 3 is 2.07 bits per heavy atom. The lowest BCUT2D eigenvalue weighted by Crippen LogP contribution is -2.54. The highest BCUT2D eigenvalue weighted by atomic mass is 16.6. The number of rotatable bonds is 16. The molecule has 3 amide bonds. The number of aromatic hydroxyl groups is 1. The highest BCUT2D eigenvalue weighted by molar-refractivity contribution is 5.93. The van der Waals surface area contributed by atoms with Crippen LogP contribution in [-0.2, 0) is 20.7 Å². The molecule has 0 aliphatic carbocycles. The predicted molar refractivity (Wildman–Crippen MR) is 177 cm³/mol. The van der Waals surface area contributed by atoms with E-state index in [1.54, 1.807) is 49.9 Å². The van der Waals surface area contributed by atoms with E-state index in [1.807, 2.05) is 39.0 Å². The van der Waals surface area contributed by atoms with Crippen molar-refractivity contribution >= 4 is 17.9 Å². The van der Waals surface area contributed by atoms with Crippen molar-refractivity contribution in [1.82, 2.24) is 15.5 Å². The Balaban J connectivity index is 2.63. The molecule has 2 aromatic carbocycles. The Bertz CT molecular complexity index is 1180. The lowest BCUT2D eigenvalue weighted by molar-refractivity contribution is -0.143. The number of carbonyl (C=O) groups is 3. The van der Waals surface area contributed by atoms with Crippen LogP contribution >= 0.6 is 0 Å². The van der Waals surface area contributed by atoms with E-state index in [0.29, 0.717) is 6.54 Å². The van der Waals surface area contributed by atoms with Crippen LogP contribution < -0.4 is 10.6 Å². The molecule has 44 heavy (non-hydrogen) atoms. The third-order valence-electron chi connectivity index (χ3n) is 7.64. The largest absolute Gasteiger partial charge is 0.508 e. The smallest absolute Gasteiger partial charge is 0.408 e. The Hall–Kier alpha value is -3.55. The summed E-state index contributed by atoms with van der Waals surface area (Å²) in [5.74, 6) is -0.477. The van der Waals surface area contributed by atoms with Crippen molar-refractivity contribution in [3.63, 3.8) is 0 Å². The normalized spacial score (nSPS) is 13.5. The van der Waals surface area contributed by atoms with Crippen LogP contribution in [0.4, 0.5) is 4.79 Å². The van der Waals surface area contributed by atoms with Crippen LogP contribution in [-0.4, -0.2) is 52.1 Å². The maximum absolute atomic E-state index is 14.7. The SMILES string of the molecule is CCCCCCCN(C(=O)C(Cc1ccc(O)cc1)NC(=O)OC(C)(C)C)C(C(=O)NC(C)CCC)c1c(C)cccc1C. The Kier molecular flexibility index (Phi) is 14.7. The van der Waals surface area contributed by atoms with Gasteiger partial charge in [0.15, 0.2) is 0 Å². The molecule has 3 unspecified atom stereocenters. The van der Waals surface area contributed by atoms with E-state index in [2.05, 4.69) is 24.5 Å². The molecule has 0 saturated carbocycles. The zero-order valence-electron chi connectivity index (χ0n) is 28.2. The maximum atomic E-state index is 14.7. The molecule has 244 valence electrons. The predicted octanol–water partition coefficient (Wildman–Crippen LogP) is 7.29. The average molecular weight is 610 g/mol. The topological polar surface area (TPSA) is 108 Å². The van der Waals surface area contributed by atoms with Crippen molar-refractivity contribution in [3.8, 4) is 5.75 Å².